The number of rotatable bonds is 6. The van der Waals surface area contributed by atoms with Crippen molar-refractivity contribution in [3.63, 3.8) is 0 Å². The Morgan fingerprint density at radius 3 is 2.59 bits per heavy atom. The van der Waals surface area contributed by atoms with Crippen molar-refractivity contribution in [2.45, 2.75) is 18.2 Å². The van der Waals surface area contributed by atoms with Crippen LogP contribution in [0.1, 0.15) is 23.7 Å². The molecule has 0 bridgehead atoms. The molecule has 0 saturated heterocycles. The molecule has 1 amide bonds. The SMILES string of the molecule is CSc1ccc(C(=O)NCC(C)CCBr)cc1. The minimum atomic E-state index is 0.0130. The first-order chi connectivity index (χ1) is 8.17. The van der Waals surface area contributed by atoms with E-state index in [1.807, 2.05) is 30.5 Å². The predicted molar refractivity (Wildman–Crippen MR) is 78.1 cm³/mol. The number of nitrogens with one attached hydrogen (secondary N) is 1. The molecule has 1 aromatic carbocycles. The fourth-order valence-electron chi connectivity index (χ4n) is 1.40. The summed E-state index contributed by atoms with van der Waals surface area (Å²) in [5.41, 5.74) is 0.730. The highest BCUT2D eigenvalue weighted by Crippen LogP contribution is 2.14. The Kier molecular flexibility index (Phi) is 6.66. The standard InChI is InChI=1S/C13H18BrNOS/c1-10(7-8-14)9-15-13(16)11-3-5-12(17-2)6-4-11/h3-6,10H,7-9H2,1-2H3,(H,15,16). The zero-order valence-corrected chi connectivity index (χ0v) is 12.6. The fourth-order valence-corrected chi connectivity index (χ4v) is 2.59. The summed E-state index contributed by atoms with van der Waals surface area (Å²) in [7, 11) is 0. The van der Waals surface area contributed by atoms with Crippen molar-refractivity contribution in [1.82, 2.24) is 5.32 Å². The summed E-state index contributed by atoms with van der Waals surface area (Å²) in [6.45, 7) is 2.87. The lowest BCUT2D eigenvalue weighted by Gasteiger charge is -2.11. The van der Waals surface area contributed by atoms with Crippen molar-refractivity contribution in [3.8, 4) is 0 Å². The van der Waals surface area contributed by atoms with Crippen LogP contribution < -0.4 is 5.32 Å². The van der Waals surface area contributed by atoms with Gasteiger partial charge in [-0.2, -0.15) is 0 Å². The van der Waals surface area contributed by atoms with Gasteiger partial charge in [0.1, 0.15) is 0 Å². The van der Waals surface area contributed by atoms with E-state index in [0.717, 1.165) is 23.9 Å². The average Bonchev–Trinajstić information content (AvgIpc) is 2.36. The summed E-state index contributed by atoms with van der Waals surface area (Å²) in [6.07, 6.45) is 3.10. The third-order valence-electron chi connectivity index (χ3n) is 2.57. The molecule has 0 aromatic heterocycles. The summed E-state index contributed by atoms with van der Waals surface area (Å²) in [4.78, 5) is 13.0. The van der Waals surface area contributed by atoms with Crippen LogP contribution in [0.5, 0.6) is 0 Å². The van der Waals surface area contributed by atoms with Gasteiger partial charge in [0, 0.05) is 22.3 Å². The van der Waals surface area contributed by atoms with Gasteiger partial charge in [0.15, 0.2) is 0 Å². The van der Waals surface area contributed by atoms with E-state index in [1.165, 1.54) is 4.90 Å². The van der Waals surface area contributed by atoms with Crippen LogP contribution in [-0.2, 0) is 0 Å². The maximum absolute atomic E-state index is 11.8. The average molecular weight is 316 g/mol. The molecule has 0 heterocycles. The molecule has 1 aromatic rings. The highest BCUT2D eigenvalue weighted by molar-refractivity contribution is 9.09. The van der Waals surface area contributed by atoms with Gasteiger partial charge in [0.25, 0.3) is 5.91 Å². The van der Waals surface area contributed by atoms with E-state index in [1.54, 1.807) is 11.8 Å². The first-order valence-corrected chi connectivity index (χ1v) is 8.00. The quantitative estimate of drug-likeness (QED) is 0.642. The summed E-state index contributed by atoms with van der Waals surface area (Å²) in [5, 5.41) is 3.93. The monoisotopic (exact) mass is 315 g/mol. The molecule has 0 radical (unpaired) electrons. The maximum atomic E-state index is 11.8. The van der Waals surface area contributed by atoms with Crippen LogP contribution in [0.3, 0.4) is 0 Å². The van der Waals surface area contributed by atoms with Crippen LogP contribution in [0, 0.1) is 5.92 Å². The van der Waals surface area contributed by atoms with Crippen LogP contribution in [-0.4, -0.2) is 24.0 Å². The zero-order valence-electron chi connectivity index (χ0n) is 10.2. The smallest absolute Gasteiger partial charge is 0.251 e. The Balaban J connectivity index is 2.46. The molecule has 0 fully saturated rings. The van der Waals surface area contributed by atoms with Crippen molar-refractivity contribution in [2.24, 2.45) is 5.92 Å². The van der Waals surface area contributed by atoms with E-state index in [2.05, 4.69) is 28.2 Å². The van der Waals surface area contributed by atoms with Gasteiger partial charge in [-0.3, -0.25) is 4.79 Å². The number of benzene rings is 1. The number of hydrogen-bond acceptors (Lipinski definition) is 2. The summed E-state index contributed by atoms with van der Waals surface area (Å²) < 4.78 is 0. The Hall–Kier alpha value is -0.480. The van der Waals surface area contributed by atoms with Crippen molar-refractivity contribution >= 4 is 33.6 Å². The number of thioether (sulfide) groups is 1. The van der Waals surface area contributed by atoms with Crippen molar-refractivity contribution in [3.05, 3.63) is 29.8 Å². The fraction of sp³-hybridized carbons (Fsp3) is 0.462. The molecule has 2 nitrogen and oxygen atoms in total. The minimum absolute atomic E-state index is 0.0130. The van der Waals surface area contributed by atoms with Crippen LogP contribution in [0.2, 0.25) is 0 Å². The number of halogens is 1. The first kappa shape index (κ1) is 14.6. The second kappa shape index (κ2) is 7.77. The van der Waals surface area contributed by atoms with Crippen molar-refractivity contribution < 1.29 is 4.79 Å². The van der Waals surface area contributed by atoms with Crippen LogP contribution in [0.25, 0.3) is 0 Å². The normalized spacial score (nSPS) is 12.2. The van der Waals surface area contributed by atoms with Crippen LogP contribution in [0.15, 0.2) is 29.2 Å². The van der Waals surface area contributed by atoms with Gasteiger partial charge in [-0.25, -0.2) is 0 Å². The molecule has 1 unspecified atom stereocenters. The molecule has 94 valence electrons. The molecular weight excluding hydrogens is 298 g/mol. The highest BCUT2D eigenvalue weighted by atomic mass is 79.9. The molecule has 1 atom stereocenters. The molecule has 0 saturated carbocycles. The Labute approximate surface area is 116 Å². The number of carbonyl (C=O) groups is 1. The van der Waals surface area contributed by atoms with E-state index in [0.29, 0.717) is 5.92 Å². The molecule has 4 heteroatoms. The van der Waals surface area contributed by atoms with E-state index in [9.17, 15) is 4.79 Å². The van der Waals surface area contributed by atoms with Crippen molar-refractivity contribution in [1.29, 1.82) is 0 Å². The highest BCUT2D eigenvalue weighted by Gasteiger charge is 2.07. The minimum Gasteiger partial charge on any atom is -0.352 e. The molecule has 0 aliphatic carbocycles. The number of hydrogen-bond donors (Lipinski definition) is 1. The third-order valence-corrected chi connectivity index (χ3v) is 3.77. The van der Waals surface area contributed by atoms with Gasteiger partial charge >= 0.3 is 0 Å². The second-order valence-corrected chi connectivity index (χ2v) is 5.69. The van der Waals surface area contributed by atoms with E-state index < -0.39 is 0 Å². The molecule has 0 aliphatic rings. The topological polar surface area (TPSA) is 29.1 Å². The van der Waals surface area contributed by atoms with Crippen LogP contribution >= 0.6 is 27.7 Å². The molecule has 1 rings (SSSR count). The van der Waals surface area contributed by atoms with E-state index in [4.69, 9.17) is 0 Å². The van der Waals surface area contributed by atoms with Crippen LogP contribution in [0.4, 0.5) is 0 Å². The summed E-state index contributed by atoms with van der Waals surface area (Å²) in [5.74, 6) is 0.517. The lowest BCUT2D eigenvalue weighted by Crippen LogP contribution is -2.28. The van der Waals surface area contributed by atoms with Crippen molar-refractivity contribution in [2.75, 3.05) is 18.1 Å². The van der Waals surface area contributed by atoms with Gasteiger partial charge in [-0.05, 0) is 42.9 Å². The lowest BCUT2D eigenvalue weighted by atomic mass is 10.1. The van der Waals surface area contributed by atoms with Gasteiger partial charge in [0.05, 0.1) is 0 Å². The first-order valence-electron chi connectivity index (χ1n) is 5.65. The Morgan fingerprint density at radius 2 is 2.06 bits per heavy atom. The summed E-state index contributed by atoms with van der Waals surface area (Å²) >= 11 is 5.08. The predicted octanol–water partition coefficient (Wildman–Crippen LogP) is 3.56. The molecular formula is C13H18BrNOS. The maximum Gasteiger partial charge on any atom is 0.251 e. The zero-order chi connectivity index (χ0) is 12.7. The van der Waals surface area contributed by atoms with Gasteiger partial charge in [-0.15, -0.1) is 11.8 Å². The molecule has 0 spiro atoms. The van der Waals surface area contributed by atoms with Gasteiger partial charge < -0.3 is 5.32 Å². The molecule has 17 heavy (non-hydrogen) atoms. The molecule has 0 aliphatic heterocycles. The Bertz CT molecular complexity index is 353. The number of amides is 1. The number of carbonyl (C=O) groups excluding carboxylic acids is 1. The summed E-state index contributed by atoms with van der Waals surface area (Å²) in [6, 6.07) is 7.69. The van der Waals surface area contributed by atoms with Gasteiger partial charge in [-0.1, -0.05) is 22.9 Å². The third kappa shape index (κ3) is 5.13. The Morgan fingerprint density at radius 1 is 1.41 bits per heavy atom. The largest absolute Gasteiger partial charge is 0.352 e. The lowest BCUT2D eigenvalue weighted by molar-refractivity contribution is 0.0948. The molecule has 1 N–H and O–H groups in total. The number of alkyl halides is 1. The van der Waals surface area contributed by atoms with E-state index in [-0.39, 0.29) is 5.91 Å². The van der Waals surface area contributed by atoms with E-state index >= 15 is 0 Å². The van der Waals surface area contributed by atoms with Gasteiger partial charge in [0.2, 0.25) is 0 Å². The second-order valence-electron chi connectivity index (χ2n) is 4.02.